The van der Waals surface area contributed by atoms with Crippen LogP contribution in [-0.2, 0) is 6.04 Å². The molecule has 0 aliphatic heterocycles. The molecule has 0 saturated carbocycles. The fourth-order valence-electron chi connectivity index (χ4n) is 1.08. The van der Waals surface area contributed by atoms with Gasteiger partial charge in [-0.25, -0.2) is 0 Å². The highest BCUT2D eigenvalue weighted by atomic mass is 28.4. The molecule has 0 aliphatic rings. The van der Waals surface area contributed by atoms with E-state index in [9.17, 15) is 4.80 Å². The summed E-state index contributed by atoms with van der Waals surface area (Å²) in [4.78, 5) is 9.80. The molecule has 1 aromatic rings. The first kappa shape index (κ1) is 9.23. The summed E-state index contributed by atoms with van der Waals surface area (Å²) in [7, 11) is -2.15. The average molecular weight is 178 g/mol. The zero-order valence-corrected chi connectivity index (χ0v) is 8.33. The minimum absolute atomic E-state index is 0.761. The minimum Gasteiger partial charge on any atom is -0.428 e. The summed E-state index contributed by atoms with van der Waals surface area (Å²) in [6.45, 7) is 5.54. The molecule has 1 aromatic carbocycles. The Morgan fingerprint density at radius 3 is 2.50 bits per heavy atom. The van der Waals surface area contributed by atoms with E-state index in [-0.39, 0.29) is 0 Å². The molecular weight excluding hydrogens is 164 g/mol. The van der Waals surface area contributed by atoms with Gasteiger partial charge in [0.05, 0.1) is 0 Å². The van der Waals surface area contributed by atoms with E-state index in [2.05, 4.69) is 6.58 Å². The lowest BCUT2D eigenvalue weighted by atomic mass is 10.2. The largest absolute Gasteiger partial charge is 0.428 e. The Kier molecular flexibility index (Phi) is 2.84. The number of rotatable bonds is 3. The van der Waals surface area contributed by atoms with Gasteiger partial charge in [-0.1, -0.05) is 36.0 Å². The van der Waals surface area contributed by atoms with Gasteiger partial charge in [-0.2, -0.15) is 0 Å². The topological polar surface area (TPSA) is 20.2 Å². The van der Waals surface area contributed by atoms with Gasteiger partial charge in [0.15, 0.2) is 0 Å². The van der Waals surface area contributed by atoms with Gasteiger partial charge in [-0.3, -0.25) is 0 Å². The number of hydrogen-bond donors (Lipinski definition) is 1. The van der Waals surface area contributed by atoms with E-state index in [0.717, 1.165) is 6.04 Å². The predicted molar refractivity (Wildman–Crippen MR) is 54.2 cm³/mol. The summed E-state index contributed by atoms with van der Waals surface area (Å²) >= 11 is 0. The number of benzene rings is 1. The summed E-state index contributed by atoms with van der Waals surface area (Å²) in [5.41, 5.74) is 2.90. The second-order valence-electron chi connectivity index (χ2n) is 3.22. The van der Waals surface area contributed by atoms with Crippen LogP contribution in [0.3, 0.4) is 0 Å². The Hall–Kier alpha value is -0.863. The Bertz CT molecular complexity index is 254. The molecule has 0 spiro atoms. The molecular formula is C10H14OSi. The second-order valence-corrected chi connectivity index (χ2v) is 6.70. The van der Waals surface area contributed by atoms with E-state index in [4.69, 9.17) is 0 Å². The van der Waals surface area contributed by atoms with Crippen LogP contribution < -0.4 is 0 Å². The molecule has 0 amide bonds. The van der Waals surface area contributed by atoms with Crippen molar-refractivity contribution in [1.82, 2.24) is 0 Å². The summed E-state index contributed by atoms with van der Waals surface area (Å²) in [6, 6.07) is 10.8. The van der Waals surface area contributed by atoms with Crippen LogP contribution in [0.25, 0.3) is 0 Å². The Morgan fingerprint density at radius 2 is 2.00 bits per heavy atom. The molecule has 64 valence electrons. The third kappa shape index (κ3) is 2.64. The van der Waals surface area contributed by atoms with Crippen molar-refractivity contribution in [2.75, 3.05) is 0 Å². The van der Waals surface area contributed by atoms with E-state index >= 15 is 0 Å². The fourth-order valence-corrected chi connectivity index (χ4v) is 2.29. The molecule has 1 rings (SSSR count). The van der Waals surface area contributed by atoms with Crippen LogP contribution in [0.5, 0.6) is 0 Å². The predicted octanol–water partition coefficient (Wildman–Crippen LogP) is 2.06. The van der Waals surface area contributed by atoms with Gasteiger partial charge in [-0.15, -0.1) is 6.58 Å². The molecule has 1 N–H and O–H groups in total. The monoisotopic (exact) mass is 178 g/mol. The van der Waals surface area contributed by atoms with Crippen molar-refractivity contribution in [3.05, 3.63) is 48.2 Å². The average Bonchev–Trinajstić information content (AvgIpc) is 2.06. The van der Waals surface area contributed by atoms with E-state index in [1.807, 2.05) is 36.9 Å². The van der Waals surface area contributed by atoms with Gasteiger partial charge in [0.1, 0.15) is 0 Å². The lowest BCUT2D eigenvalue weighted by molar-refractivity contribution is 0.555. The third-order valence-corrected chi connectivity index (χ3v) is 3.85. The summed E-state index contributed by atoms with van der Waals surface area (Å²) in [6.07, 6.45) is 0. The highest BCUT2D eigenvalue weighted by molar-refractivity contribution is 6.75. The van der Waals surface area contributed by atoms with E-state index in [1.54, 1.807) is 5.70 Å². The third-order valence-electron chi connectivity index (χ3n) is 1.84. The van der Waals surface area contributed by atoms with Crippen molar-refractivity contribution < 1.29 is 4.80 Å². The van der Waals surface area contributed by atoms with Crippen LogP contribution >= 0.6 is 0 Å². The highest BCUT2D eigenvalue weighted by Gasteiger charge is 2.19. The molecule has 0 aromatic heterocycles. The second kappa shape index (κ2) is 3.69. The smallest absolute Gasteiger partial charge is 0.213 e. The zero-order valence-electron chi connectivity index (χ0n) is 7.33. The van der Waals surface area contributed by atoms with Crippen molar-refractivity contribution in [2.45, 2.75) is 12.6 Å². The van der Waals surface area contributed by atoms with Crippen LogP contribution in [0.4, 0.5) is 0 Å². The molecule has 0 saturated heterocycles. The first-order chi connectivity index (χ1) is 5.64. The van der Waals surface area contributed by atoms with Gasteiger partial charge < -0.3 is 4.80 Å². The van der Waals surface area contributed by atoms with Crippen molar-refractivity contribution >= 4 is 8.32 Å². The molecule has 0 aliphatic carbocycles. The molecule has 1 atom stereocenters. The van der Waals surface area contributed by atoms with E-state index in [1.165, 1.54) is 5.56 Å². The molecule has 1 unspecified atom stereocenters. The molecule has 0 bridgehead atoms. The van der Waals surface area contributed by atoms with Crippen LogP contribution in [0.2, 0.25) is 6.55 Å². The minimum atomic E-state index is -2.15. The van der Waals surface area contributed by atoms with Crippen molar-refractivity contribution in [1.29, 1.82) is 0 Å². The first-order valence-electron chi connectivity index (χ1n) is 4.04. The Morgan fingerprint density at radius 1 is 1.42 bits per heavy atom. The lowest BCUT2D eigenvalue weighted by Gasteiger charge is -2.14. The van der Waals surface area contributed by atoms with Crippen LogP contribution in [0.1, 0.15) is 5.56 Å². The maximum atomic E-state index is 9.80. The molecule has 12 heavy (non-hydrogen) atoms. The van der Waals surface area contributed by atoms with E-state index in [0.29, 0.717) is 0 Å². The van der Waals surface area contributed by atoms with Gasteiger partial charge >= 0.3 is 0 Å². The SMILES string of the molecule is C=C[Si](C)(O)Cc1ccccc1. The molecule has 0 fully saturated rings. The van der Waals surface area contributed by atoms with Crippen LogP contribution in [0.15, 0.2) is 42.6 Å². The summed E-state index contributed by atoms with van der Waals surface area (Å²) in [5.74, 6) is 0. The summed E-state index contributed by atoms with van der Waals surface area (Å²) in [5, 5.41) is 0. The van der Waals surface area contributed by atoms with Crippen molar-refractivity contribution in [2.24, 2.45) is 0 Å². The Labute approximate surface area is 74.5 Å². The highest BCUT2D eigenvalue weighted by Crippen LogP contribution is 2.09. The van der Waals surface area contributed by atoms with Crippen LogP contribution in [0, 0.1) is 0 Å². The van der Waals surface area contributed by atoms with Crippen LogP contribution in [-0.4, -0.2) is 13.1 Å². The Balaban J connectivity index is 2.70. The maximum absolute atomic E-state index is 9.80. The molecule has 0 radical (unpaired) electrons. The van der Waals surface area contributed by atoms with Gasteiger partial charge in [0.25, 0.3) is 0 Å². The number of hydrogen-bond acceptors (Lipinski definition) is 1. The van der Waals surface area contributed by atoms with Gasteiger partial charge in [0.2, 0.25) is 8.32 Å². The fraction of sp³-hybridized carbons (Fsp3) is 0.200. The molecule has 2 heteroatoms. The normalized spacial score (nSPS) is 15.2. The summed E-state index contributed by atoms with van der Waals surface area (Å²) < 4.78 is 0. The van der Waals surface area contributed by atoms with Gasteiger partial charge in [-0.05, 0) is 18.2 Å². The first-order valence-corrected chi connectivity index (χ1v) is 6.77. The molecule has 0 heterocycles. The van der Waals surface area contributed by atoms with Crippen molar-refractivity contribution in [3.8, 4) is 0 Å². The van der Waals surface area contributed by atoms with Gasteiger partial charge in [0, 0.05) is 0 Å². The van der Waals surface area contributed by atoms with E-state index < -0.39 is 8.32 Å². The zero-order chi connectivity index (χ0) is 9.03. The van der Waals surface area contributed by atoms with Crippen molar-refractivity contribution in [3.63, 3.8) is 0 Å². The molecule has 1 nitrogen and oxygen atoms in total. The lowest BCUT2D eigenvalue weighted by Crippen LogP contribution is -2.30. The maximum Gasteiger partial charge on any atom is 0.213 e. The standard InChI is InChI=1S/C10H14OSi/c1-3-12(2,11)9-10-7-5-4-6-8-10/h3-8,11H,1,9H2,2H3. The quantitative estimate of drug-likeness (QED) is 0.702.